The molecule has 140 valence electrons. The average Bonchev–Trinajstić information content (AvgIpc) is 2.53. The lowest BCUT2D eigenvalue weighted by atomic mass is 10.0. The molecule has 1 unspecified atom stereocenters. The second-order valence-electron chi connectivity index (χ2n) is 5.43. The van der Waals surface area contributed by atoms with Gasteiger partial charge < -0.3 is 21.5 Å². The van der Waals surface area contributed by atoms with Gasteiger partial charge in [0.1, 0.15) is 10.9 Å². The third-order valence-electron chi connectivity index (χ3n) is 3.81. The second-order valence-corrected chi connectivity index (χ2v) is 6.79. The number of rotatable bonds is 9. The Balaban J connectivity index is 3.45. The van der Waals surface area contributed by atoms with Crippen molar-refractivity contribution in [3.63, 3.8) is 0 Å². The maximum atomic E-state index is 12.5. The number of anilines is 2. The van der Waals surface area contributed by atoms with Crippen LogP contribution in [0.1, 0.15) is 37.0 Å². The van der Waals surface area contributed by atoms with Crippen LogP contribution in [-0.2, 0) is 14.9 Å². The molecular weight excluding hydrogens is 350 g/mol. The van der Waals surface area contributed by atoms with E-state index in [2.05, 4.69) is 0 Å². The Labute approximate surface area is 146 Å². The zero-order valence-corrected chi connectivity index (χ0v) is 14.9. The maximum absolute atomic E-state index is 12.5. The molecule has 1 atom stereocenters. The number of carboxylic acid groups (broad SMARTS) is 1. The number of hydrogen-bond donors (Lipinski definition) is 4. The average molecular weight is 373 g/mol. The number of nitrogens with zero attached hydrogens (tertiary/aromatic N) is 1. The van der Waals surface area contributed by atoms with Crippen LogP contribution in [-0.4, -0.2) is 49.0 Å². The summed E-state index contributed by atoms with van der Waals surface area (Å²) in [6.45, 7) is 4.48. The zero-order chi connectivity index (χ0) is 19.4. The van der Waals surface area contributed by atoms with E-state index in [1.54, 1.807) is 18.7 Å². The van der Waals surface area contributed by atoms with E-state index in [0.717, 1.165) is 0 Å². The normalized spacial score (nSPS) is 12.6. The predicted octanol–water partition coefficient (Wildman–Crippen LogP) is 0.737. The van der Waals surface area contributed by atoms with Crippen molar-refractivity contribution in [1.82, 2.24) is 0 Å². The third-order valence-corrected chi connectivity index (χ3v) is 4.74. The van der Waals surface area contributed by atoms with Crippen molar-refractivity contribution in [1.29, 1.82) is 0 Å². The molecule has 0 aromatic heterocycles. The van der Waals surface area contributed by atoms with Crippen molar-refractivity contribution < 1.29 is 27.7 Å². The minimum absolute atomic E-state index is 0.113. The first-order valence-electron chi connectivity index (χ1n) is 7.71. The van der Waals surface area contributed by atoms with E-state index in [1.165, 1.54) is 12.1 Å². The Hall–Kier alpha value is -2.17. The molecule has 6 N–H and O–H groups in total. The summed E-state index contributed by atoms with van der Waals surface area (Å²) in [6, 6.07) is 1.54. The third kappa shape index (κ3) is 4.91. The molecule has 1 aromatic carbocycles. The molecule has 0 spiro atoms. The number of carbonyl (C=O) groups excluding carboxylic acids is 1. The molecule has 1 aromatic rings. The van der Waals surface area contributed by atoms with Crippen molar-refractivity contribution in [2.45, 2.75) is 37.6 Å². The van der Waals surface area contributed by atoms with Gasteiger partial charge in [0.2, 0.25) is 0 Å². The van der Waals surface area contributed by atoms with Crippen LogP contribution < -0.4 is 16.4 Å². The molecule has 0 aliphatic heterocycles. The lowest BCUT2D eigenvalue weighted by Gasteiger charge is -2.25. The van der Waals surface area contributed by atoms with E-state index in [9.17, 15) is 22.6 Å². The van der Waals surface area contributed by atoms with Gasteiger partial charge >= 0.3 is 5.97 Å². The summed E-state index contributed by atoms with van der Waals surface area (Å²) in [5.74, 6) is -1.97. The van der Waals surface area contributed by atoms with Gasteiger partial charge in [-0.25, -0.2) is 0 Å². The highest BCUT2D eigenvalue weighted by molar-refractivity contribution is 7.86. The Morgan fingerprint density at radius 3 is 2.24 bits per heavy atom. The fourth-order valence-corrected chi connectivity index (χ4v) is 3.44. The lowest BCUT2D eigenvalue weighted by molar-refractivity contribution is -0.138. The van der Waals surface area contributed by atoms with Crippen LogP contribution in [0.2, 0.25) is 0 Å². The number of carboxylic acids is 1. The molecule has 1 rings (SSSR count). The first-order chi connectivity index (χ1) is 11.5. The van der Waals surface area contributed by atoms with Gasteiger partial charge in [-0.3, -0.25) is 14.1 Å². The number of nitrogen functional groups attached to an aromatic ring is 1. The highest BCUT2D eigenvalue weighted by Gasteiger charge is 2.29. The summed E-state index contributed by atoms with van der Waals surface area (Å²) in [5.41, 5.74) is 10.8. The van der Waals surface area contributed by atoms with Gasteiger partial charge in [-0.2, -0.15) is 8.42 Å². The largest absolute Gasteiger partial charge is 0.480 e. The number of aliphatic carboxylic acids is 1. The molecule has 10 heteroatoms. The quantitative estimate of drug-likeness (QED) is 0.277. The van der Waals surface area contributed by atoms with Crippen LogP contribution in [0.4, 0.5) is 11.4 Å². The van der Waals surface area contributed by atoms with Gasteiger partial charge in [0.15, 0.2) is 5.78 Å². The first kappa shape index (κ1) is 20.9. The molecule has 0 amide bonds. The molecule has 0 saturated carbocycles. The molecule has 9 nitrogen and oxygen atoms in total. The highest BCUT2D eigenvalue weighted by atomic mass is 32.2. The first-order valence-corrected chi connectivity index (χ1v) is 9.15. The second kappa shape index (κ2) is 8.28. The predicted molar refractivity (Wildman–Crippen MR) is 93.4 cm³/mol. The molecule has 25 heavy (non-hydrogen) atoms. The maximum Gasteiger partial charge on any atom is 0.320 e. The van der Waals surface area contributed by atoms with E-state index < -0.39 is 32.8 Å². The van der Waals surface area contributed by atoms with Gasteiger partial charge in [-0.1, -0.05) is 0 Å². The van der Waals surface area contributed by atoms with Crippen LogP contribution in [0.3, 0.4) is 0 Å². The summed E-state index contributed by atoms with van der Waals surface area (Å²) >= 11 is 0. The monoisotopic (exact) mass is 373 g/mol. The van der Waals surface area contributed by atoms with Crippen LogP contribution in [0, 0.1) is 0 Å². The Morgan fingerprint density at radius 2 is 1.80 bits per heavy atom. The van der Waals surface area contributed by atoms with Crippen LogP contribution in [0.15, 0.2) is 17.0 Å². The van der Waals surface area contributed by atoms with E-state index >= 15 is 0 Å². The van der Waals surface area contributed by atoms with Crippen LogP contribution in [0.5, 0.6) is 0 Å². The van der Waals surface area contributed by atoms with Crippen molar-refractivity contribution in [2.24, 2.45) is 5.73 Å². The summed E-state index contributed by atoms with van der Waals surface area (Å²) in [5, 5.41) is 8.78. The smallest absolute Gasteiger partial charge is 0.320 e. The molecule has 0 aliphatic carbocycles. The summed E-state index contributed by atoms with van der Waals surface area (Å²) in [6.07, 6.45) is -0.504. The molecule has 0 radical (unpaired) electrons. The summed E-state index contributed by atoms with van der Waals surface area (Å²) in [4.78, 5) is 24.3. The number of ketones is 1. The standard InChI is InChI=1S/C15H23N3O6S/c1-3-18(4-2)11-7-5-9(16)13(14(11)25(22,23)24)12(19)8-6-10(17)15(20)21/h5,7,10H,3-4,6,8,16-17H2,1-2H3,(H,20,21)(H,22,23,24). The van der Waals surface area contributed by atoms with Crippen molar-refractivity contribution in [3.8, 4) is 0 Å². The number of Topliss-reactive ketones (excluding diaryl/α,β-unsaturated/α-hetero) is 1. The van der Waals surface area contributed by atoms with Crippen molar-refractivity contribution in [3.05, 3.63) is 17.7 Å². The zero-order valence-electron chi connectivity index (χ0n) is 14.1. The van der Waals surface area contributed by atoms with E-state index in [0.29, 0.717) is 13.1 Å². The molecule has 0 saturated heterocycles. The minimum atomic E-state index is -4.74. The van der Waals surface area contributed by atoms with Crippen LogP contribution >= 0.6 is 0 Å². The van der Waals surface area contributed by atoms with E-state index in [-0.39, 0.29) is 29.8 Å². The van der Waals surface area contributed by atoms with Gasteiger partial charge in [0.05, 0.1) is 11.3 Å². The fourth-order valence-electron chi connectivity index (χ4n) is 2.48. The fraction of sp³-hybridized carbons (Fsp3) is 0.467. The van der Waals surface area contributed by atoms with Gasteiger partial charge in [0.25, 0.3) is 10.1 Å². The van der Waals surface area contributed by atoms with Gasteiger partial charge in [-0.05, 0) is 32.4 Å². The Bertz CT molecular complexity index is 759. The van der Waals surface area contributed by atoms with Crippen molar-refractivity contribution in [2.75, 3.05) is 23.7 Å². The van der Waals surface area contributed by atoms with Crippen LogP contribution in [0.25, 0.3) is 0 Å². The van der Waals surface area contributed by atoms with Gasteiger partial charge in [-0.15, -0.1) is 0 Å². The molecule has 0 aliphatic rings. The molecular formula is C15H23N3O6S. The molecule has 0 bridgehead atoms. The Kier molecular flexibility index (Phi) is 6.91. The number of nitrogens with two attached hydrogens (primary N) is 2. The van der Waals surface area contributed by atoms with Gasteiger partial charge in [0, 0.05) is 25.2 Å². The lowest BCUT2D eigenvalue weighted by Crippen LogP contribution is -2.31. The number of benzene rings is 1. The van der Waals surface area contributed by atoms with Crippen molar-refractivity contribution >= 4 is 33.2 Å². The summed E-state index contributed by atoms with van der Waals surface area (Å²) < 4.78 is 33.5. The van der Waals surface area contributed by atoms with E-state index in [1.807, 2.05) is 0 Å². The SMILES string of the molecule is CCN(CC)c1ccc(N)c(C(=O)CCC(N)C(=O)O)c1S(=O)(=O)O. The molecule has 0 fully saturated rings. The Morgan fingerprint density at radius 1 is 1.24 bits per heavy atom. The number of carbonyl (C=O) groups is 2. The number of hydrogen-bond acceptors (Lipinski definition) is 7. The summed E-state index contributed by atoms with van der Waals surface area (Å²) in [7, 11) is -4.74. The highest BCUT2D eigenvalue weighted by Crippen LogP contribution is 2.33. The minimum Gasteiger partial charge on any atom is -0.480 e. The van der Waals surface area contributed by atoms with E-state index in [4.69, 9.17) is 16.6 Å². The topological polar surface area (TPSA) is 164 Å². The molecule has 0 heterocycles.